The van der Waals surface area contributed by atoms with Crippen LogP contribution in [0.4, 0.5) is 5.95 Å². The molecule has 0 bridgehead atoms. The van der Waals surface area contributed by atoms with Crippen LogP contribution < -0.4 is 11.1 Å². The third-order valence-electron chi connectivity index (χ3n) is 2.11. The minimum absolute atomic E-state index is 0.0326. The molecule has 2 aromatic heterocycles. The normalized spacial score (nSPS) is 12.1. The fourth-order valence-electron chi connectivity index (χ4n) is 1.20. The minimum atomic E-state index is -1.34. The molecule has 0 saturated heterocycles. The Balaban J connectivity index is 2.16. The molecule has 2 heterocycles. The van der Waals surface area contributed by atoms with Gasteiger partial charge in [-0.15, -0.1) is 0 Å². The Morgan fingerprint density at radius 2 is 2.32 bits per heavy atom. The number of aliphatic hydroxyl groups excluding tert-OH is 1. The molecule has 2 aromatic rings. The van der Waals surface area contributed by atoms with Gasteiger partial charge in [0, 0.05) is 12.4 Å². The van der Waals surface area contributed by atoms with Crippen LogP contribution in [-0.2, 0) is 4.79 Å². The van der Waals surface area contributed by atoms with E-state index in [1.807, 2.05) is 0 Å². The molecule has 0 aliphatic heterocycles. The lowest BCUT2D eigenvalue weighted by molar-refractivity contribution is -0.125. The molecule has 9 nitrogen and oxygen atoms in total. The average molecular weight is 284 g/mol. The summed E-state index contributed by atoms with van der Waals surface area (Å²) < 4.78 is 1.53. The Morgan fingerprint density at radius 3 is 2.95 bits per heavy atom. The van der Waals surface area contributed by atoms with E-state index in [0.717, 1.165) is 0 Å². The van der Waals surface area contributed by atoms with Gasteiger partial charge < -0.3 is 16.2 Å². The summed E-state index contributed by atoms with van der Waals surface area (Å²) in [4.78, 5) is 26.3. The van der Waals surface area contributed by atoms with Gasteiger partial charge in [0.05, 0.1) is 6.54 Å². The Kier molecular flexibility index (Phi) is 3.88. The van der Waals surface area contributed by atoms with E-state index in [0.29, 0.717) is 0 Å². The van der Waals surface area contributed by atoms with Crippen molar-refractivity contribution in [3.05, 3.63) is 24.0 Å². The smallest absolute Gasteiger partial charge is 0.248 e. The van der Waals surface area contributed by atoms with E-state index in [-0.39, 0.29) is 23.7 Å². The zero-order chi connectivity index (χ0) is 13.8. The van der Waals surface area contributed by atoms with Gasteiger partial charge in [0.1, 0.15) is 12.4 Å². The van der Waals surface area contributed by atoms with Crippen LogP contribution in [0.3, 0.4) is 0 Å². The third kappa shape index (κ3) is 3.36. The molecular formula is C9H10ClN7O2. The highest BCUT2D eigenvalue weighted by Crippen LogP contribution is 2.09. The lowest BCUT2D eigenvalue weighted by Gasteiger charge is -2.09. The van der Waals surface area contributed by atoms with Crippen molar-refractivity contribution in [1.29, 1.82) is 0 Å². The van der Waals surface area contributed by atoms with Crippen LogP contribution in [0.5, 0.6) is 0 Å². The Morgan fingerprint density at radius 1 is 1.53 bits per heavy atom. The molecule has 19 heavy (non-hydrogen) atoms. The van der Waals surface area contributed by atoms with Crippen molar-refractivity contribution in [2.24, 2.45) is 5.73 Å². The number of rotatable bonds is 5. The monoisotopic (exact) mass is 283 g/mol. The molecule has 0 spiro atoms. The summed E-state index contributed by atoms with van der Waals surface area (Å²) in [6.45, 7) is -0.126. The predicted molar refractivity (Wildman–Crippen MR) is 65.6 cm³/mol. The number of amides is 1. The zero-order valence-corrected chi connectivity index (χ0v) is 10.3. The van der Waals surface area contributed by atoms with Crippen LogP contribution in [0.15, 0.2) is 18.7 Å². The fourth-order valence-corrected chi connectivity index (χ4v) is 1.36. The van der Waals surface area contributed by atoms with E-state index < -0.39 is 12.0 Å². The second-order valence-electron chi connectivity index (χ2n) is 3.50. The number of halogens is 1. The first-order valence-electron chi connectivity index (χ1n) is 5.17. The number of nitrogens with zero attached hydrogens (tertiary/aromatic N) is 5. The summed E-state index contributed by atoms with van der Waals surface area (Å²) >= 11 is 5.75. The topological polar surface area (TPSA) is 132 Å². The maximum Gasteiger partial charge on any atom is 0.248 e. The second kappa shape index (κ2) is 5.59. The van der Waals surface area contributed by atoms with Crippen LogP contribution in [0.25, 0.3) is 5.95 Å². The lowest BCUT2D eigenvalue weighted by atomic mass is 10.3. The van der Waals surface area contributed by atoms with Crippen LogP contribution >= 0.6 is 11.6 Å². The van der Waals surface area contributed by atoms with Crippen molar-refractivity contribution in [3.8, 4) is 5.95 Å². The molecule has 0 aromatic carbocycles. The summed E-state index contributed by atoms with van der Waals surface area (Å²) in [5, 5.41) is 11.9. The van der Waals surface area contributed by atoms with Gasteiger partial charge in [-0.2, -0.15) is 15.0 Å². The zero-order valence-electron chi connectivity index (χ0n) is 9.56. The first-order chi connectivity index (χ1) is 9.06. The first kappa shape index (κ1) is 13.2. The van der Waals surface area contributed by atoms with Gasteiger partial charge in [0.25, 0.3) is 0 Å². The molecule has 4 N–H and O–H groups in total. The maximum absolute atomic E-state index is 10.7. The van der Waals surface area contributed by atoms with Gasteiger partial charge in [-0.1, -0.05) is 0 Å². The molecule has 0 aliphatic rings. The van der Waals surface area contributed by atoms with Crippen molar-refractivity contribution in [2.45, 2.75) is 6.10 Å². The number of aromatic nitrogens is 5. The van der Waals surface area contributed by atoms with E-state index in [1.165, 1.54) is 10.9 Å². The number of aliphatic hydroxyl groups is 1. The molecule has 0 radical (unpaired) electrons. The highest BCUT2D eigenvalue weighted by atomic mass is 35.5. The second-order valence-corrected chi connectivity index (χ2v) is 3.84. The Hall–Kier alpha value is -2.26. The van der Waals surface area contributed by atoms with E-state index in [4.69, 9.17) is 17.3 Å². The van der Waals surface area contributed by atoms with Crippen molar-refractivity contribution in [2.75, 3.05) is 11.9 Å². The molecule has 0 aliphatic carbocycles. The number of primary amides is 1. The number of hydrogen-bond donors (Lipinski definition) is 3. The molecule has 1 unspecified atom stereocenters. The SMILES string of the molecule is NC(=O)C(O)CNc1nc(Cl)nc(-n2ccnc2)n1. The van der Waals surface area contributed by atoms with E-state index in [9.17, 15) is 9.90 Å². The molecule has 0 fully saturated rings. The van der Waals surface area contributed by atoms with Crippen LogP contribution in [0.2, 0.25) is 5.28 Å². The van der Waals surface area contributed by atoms with Gasteiger partial charge in [0.2, 0.25) is 23.1 Å². The lowest BCUT2D eigenvalue weighted by Crippen LogP contribution is -2.34. The van der Waals surface area contributed by atoms with Crippen molar-refractivity contribution in [1.82, 2.24) is 24.5 Å². The van der Waals surface area contributed by atoms with Gasteiger partial charge in [-0.3, -0.25) is 9.36 Å². The van der Waals surface area contributed by atoms with E-state index in [2.05, 4.69) is 25.3 Å². The third-order valence-corrected chi connectivity index (χ3v) is 2.28. The summed E-state index contributed by atoms with van der Waals surface area (Å²) in [6, 6.07) is 0. The van der Waals surface area contributed by atoms with E-state index >= 15 is 0 Å². The van der Waals surface area contributed by atoms with Crippen molar-refractivity contribution in [3.63, 3.8) is 0 Å². The number of nitrogens with two attached hydrogens (primary N) is 1. The maximum atomic E-state index is 10.7. The Labute approximate surface area is 112 Å². The summed E-state index contributed by atoms with van der Waals surface area (Å²) in [5.41, 5.74) is 4.92. The highest BCUT2D eigenvalue weighted by molar-refractivity contribution is 6.28. The molecule has 1 atom stereocenters. The van der Waals surface area contributed by atoms with Crippen molar-refractivity contribution < 1.29 is 9.90 Å². The van der Waals surface area contributed by atoms with Crippen LogP contribution in [-0.4, -0.2) is 48.2 Å². The Bertz CT molecular complexity index is 574. The number of anilines is 1. The minimum Gasteiger partial charge on any atom is -0.381 e. The summed E-state index contributed by atoms with van der Waals surface area (Å²) in [7, 11) is 0. The quantitative estimate of drug-likeness (QED) is 0.639. The number of nitrogens with one attached hydrogen (secondary N) is 1. The molecule has 100 valence electrons. The first-order valence-corrected chi connectivity index (χ1v) is 5.55. The highest BCUT2D eigenvalue weighted by Gasteiger charge is 2.12. The number of hydrogen-bond acceptors (Lipinski definition) is 7. The predicted octanol–water partition coefficient (Wildman–Crippen LogP) is -1.03. The van der Waals surface area contributed by atoms with Gasteiger partial charge in [0.15, 0.2) is 0 Å². The number of imidazole rings is 1. The van der Waals surface area contributed by atoms with E-state index in [1.54, 1.807) is 12.4 Å². The summed E-state index contributed by atoms with van der Waals surface area (Å²) in [5.74, 6) is -0.472. The number of carbonyl (C=O) groups excluding carboxylic acids is 1. The van der Waals surface area contributed by atoms with Gasteiger partial charge in [-0.25, -0.2) is 4.98 Å². The summed E-state index contributed by atoms with van der Waals surface area (Å²) in [6.07, 6.45) is 3.34. The van der Waals surface area contributed by atoms with Gasteiger partial charge in [-0.05, 0) is 11.6 Å². The molecule has 10 heteroatoms. The molecule has 1 amide bonds. The number of carbonyl (C=O) groups is 1. The van der Waals surface area contributed by atoms with Gasteiger partial charge >= 0.3 is 0 Å². The fraction of sp³-hybridized carbons (Fsp3) is 0.222. The van der Waals surface area contributed by atoms with Crippen molar-refractivity contribution >= 4 is 23.5 Å². The standard InChI is InChI=1S/C9H10ClN7O2/c10-7-14-8(13-3-5(18)6(11)19)16-9(15-7)17-2-1-12-4-17/h1-2,4-5,18H,3H2,(H2,11,19)(H,13,14,15,16). The molecule has 0 saturated carbocycles. The van der Waals surface area contributed by atoms with Crippen LogP contribution in [0, 0.1) is 0 Å². The van der Waals surface area contributed by atoms with Crippen LogP contribution in [0.1, 0.15) is 0 Å². The molecular weight excluding hydrogens is 274 g/mol. The average Bonchev–Trinajstić information content (AvgIpc) is 2.89. The largest absolute Gasteiger partial charge is 0.381 e. The molecule has 2 rings (SSSR count).